The van der Waals surface area contributed by atoms with Gasteiger partial charge in [-0.3, -0.25) is 4.79 Å². The number of amides is 1. The van der Waals surface area contributed by atoms with Crippen LogP contribution in [0.4, 0.5) is 5.82 Å². The molecule has 110 valence electrons. The Morgan fingerprint density at radius 1 is 1.50 bits per heavy atom. The second-order valence-corrected chi connectivity index (χ2v) is 6.36. The molecule has 1 atom stereocenters. The van der Waals surface area contributed by atoms with Crippen LogP contribution in [0.5, 0.6) is 0 Å². The monoisotopic (exact) mass is 299 g/mol. The lowest BCUT2D eigenvalue weighted by Crippen LogP contribution is -2.45. The number of sulfonamides is 1. The Bertz CT molecular complexity index is 600. The van der Waals surface area contributed by atoms with E-state index in [0.29, 0.717) is 0 Å². The molecule has 1 aliphatic carbocycles. The maximum Gasteiger partial charge on any atom is 0.241 e. The van der Waals surface area contributed by atoms with E-state index in [1.807, 2.05) is 0 Å². The predicted octanol–water partition coefficient (Wildman–Crippen LogP) is -0.687. The molecular weight excluding hydrogens is 282 g/mol. The van der Waals surface area contributed by atoms with E-state index in [4.69, 9.17) is 5.84 Å². The molecule has 2 rings (SSSR count). The smallest absolute Gasteiger partial charge is 0.241 e. The van der Waals surface area contributed by atoms with Gasteiger partial charge in [-0.2, -0.15) is 4.72 Å². The second-order valence-electron chi connectivity index (χ2n) is 4.65. The average Bonchev–Trinajstić information content (AvgIpc) is 3.22. The summed E-state index contributed by atoms with van der Waals surface area (Å²) in [6.45, 7) is 1.50. The van der Waals surface area contributed by atoms with Crippen molar-refractivity contribution in [3.8, 4) is 0 Å². The summed E-state index contributed by atoms with van der Waals surface area (Å²) in [5.74, 6) is 5.08. The van der Waals surface area contributed by atoms with Crippen molar-refractivity contribution in [1.29, 1.82) is 0 Å². The lowest BCUT2D eigenvalue weighted by Gasteiger charge is -2.14. The van der Waals surface area contributed by atoms with Gasteiger partial charge in [0.2, 0.25) is 15.9 Å². The quantitative estimate of drug-likeness (QED) is 0.407. The Kier molecular flexibility index (Phi) is 4.21. The zero-order chi connectivity index (χ0) is 14.8. The van der Waals surface area contributed by atoms with Gasteiger partial charge in [0.05, 0.1) is 10.9 Å². The van der Waals surface area contributed by atoms with Crippen molar-refractivity contribution < 1.29 is 13.2 Å². The molecule has 0 aromatic carbocycles. The zero-order valence-corrected chi connectivity index (χ0v) is 11.8. The van der Waals surface area contributed by atoms with Crippen molar-refractivity contribution in [3.63, 3.8) is 0 Å². The highest BCUT2D eigenvalue weighted by molar-refractivity contribution is 7.89. The standard InChI is InChI=1S/C11H17N5O3S/c1-7(11(17)14-8-2-3-8)16-20(18,19)9-4-5-13-10(6-9)15-12/h4-8,16H,2-3,12H2,1H3,(H,13,15)(H,14,17). The first kappa shape index (κ1) is 14.7. The highest BCUT2D eigenvalue weighted by Gasteiger charge is 2.28. The van der Waals surface area contributed by atoms with Gasteiger partial charge in [-0.25, -0.2) is 19.2 Å². The molecule has 0 bridgehead atoms. The first-order valence-electron chi connectivity index (χ1n) is 6.18. The summed E-state index contributed by atoms with van der Waals surface area (Å²) in [5, 5.41) is 2.74. The minimum Gasteiger partial charge on any atom is -0.352 e. The highest BCUT2D eigenvalue weighted by atomic mass is 32.2. The van der Waals surface area contributed by atoms with Gasteiger partial charge in [0, 0.05) is 18.3 Å². The molecule has 1 aromatic rings. The molecule has 1 unspecified atom stereocenters. The average molecular weight is 299 g/mol. The number of nitrogen functional groups attached to an aromatic ring is 1. The molecule has 9 heteroatoms. The number of hydrazine groups is 1. The summed E-state index contributed by atoms with van der Waals surface area (Å²) in [6.07, 6.45) is 3.21. The maximum atomic E-state index is 12.1. The van der Waals surface area contributed by atoms with Crippen molar-refractivity contribution in [2.45, 2.75) is 36.7 Å². The Balaban J connectivity index is 2.07. The Hall–Kier alpha value is -1.71. The van der Waals surface area contributed by atoms with Gasteiger partial charge in [-0.15, -0.1) is 0 Å². The van der Waals surface area contributed by atoms with Crippen LogP contribution in [0.2, 0.25) is 0 Å². The molecule has 1 heterocycles. The van der Waals surface area contributed by atoms with Crippen LogP contribution in [0.1, 0.15) is 19.8 Å². The number of nitrogens with two attached hydrogens (primary N) is 1. The van der Waals surface area contributed by atoms with E-state index in [9.17, 15) is 13.2 Å². The van der Waals surface area contributed by atoms with E-state index in [0.717, 1.165) is 12.8 Å². The molecule has 1 fully saturated rings. The van der Waals surface area contributed by atoms with Crippen LogP contribution >= 0.6 is 0 Å². The molecule has 0 radical (unpaired) electrons. The third-order valence-electron chi connectivity index (χ3n) is 2.84. The van der Waals surface area contributed by atoms with Crippen LogP contribution in [0.25, 0.3) is 0 Å². The number of pyridine rings is 1. The minimum absolute atomic E-state index is 0.00785. The summed E-state index contributed by atoms with van der Waals surface area (Å²) in [5.41, 5.74) is 2.27. The summed E-state index contributed by atoms with van der Waals surface area (Å²) in [7, 11) is -3.80. The fraction of sp³-hybridized carbons (Fsp3) is 0.455. The molecule has 20 heavy (non-hydrogen) atoms. The Morgan fingerprint density at radius 2 is 2.20 bits per heavy atom. The largest absolute Gasteiger partial charge is 0.352 e. The van der Waals surface area contributed by atoms with Crippen LogP contribution in [0, 0.1) is 0 Å². The van der Waals surface area contributed by atoms with Crippen LogP contribution in [-0.2, 0) is 14.8 Å². The molecule has 1 saturated carbocycles. The van der Waals surface area contributed by atoms with E-state index in [-0.39, 0.29) is 22.7 Å². The third-order valence-corrected chi connectivity index (χ3v) is 4.38. The number of nitrogens with one attached hydrogen (secondary N) is 3. The number of carbonyl (C=O) groups excluding carboxylic acids is 1. The predicted molar refractivity (Wildman–Crippen MR) is 73.0 cm³/mol. The molecule has 1 aromatic heterocycles. The Labute approximate surface area is 117 Å². The number of hydrogen-bond acceptors (Lipinski definition) is 6. The second kappa shape index (κ2) is 5.73. The summed E-state index contributed by atoms with van der Waals surface area (Å²) < 4.78 is 26.6. The van der Waals surface area contributed by atoms with Gasteiger partial charge >= 0.3 is 0 Å². The molecule has 1 aliphatic rings. The van der Waals surface area contributed by atoms with Gasteiger partial charge in [-0.05, 0) is 25.8 Å². The topological polar surface area (TPSA) is 126 Å². The van der Waals surface area contributed by atoms with Crippen molar-refractivity contribution in [2.75, 3.05) is 5.43 Å². The molecule has 8 nitrogen and oxygen atoms in total. The third kappa shape index (κ3) is 3.65. The van der Waals surface area contributed by atoms with E-state index in [2.05, 4.69) is 20.4 Å². The van der Waals surface area contributed by atoms with Crippen LogP contribution in [-0.4, -0.2) is 31.4 Å². The highest BCUT2D eigenvalue weighted by Crippen LogP contribution is 2.19. The molecule has 5 N–H and O–H groups in total. The van der Waals surface area contributed by atoms with Crippen molar-refractivity contribution in [2.24, 2.45) is 5.84 Å². The van der Waals surface area contributed by atoms with Gasteiger partial charge in [0.15, 0.2) is 0 Å². The Morgan fingerprint density at radius 3 is 2.80 bits per heavy atom. The van der Waals surface area contributed by atoms with Gasteiger partial charge in [-0.1, -0.05) is 0 Å². The van der Waals surface area contributed by atoms with E-state index in [1.165, 1.54) is 25.3 Å². The van der Waals surface area contributed by atoms with Gasteiger partial charge < -0.3 is 10.7 Å². The zero-order valence-electron chi connectivity index (χ0n) is 11.0. The number of rotatable bonds is 6. The SMILES string of the molecule is CC(NS(=O)(=O)c1ccnc(NN)c1)C(=O)NC1CC1. The molecule has 0 aliphatic heterocycles. The van der Waals surface area contributed by atoms with Crippen LogP contribution < -0.4 is 21.3 Å². The number of carbonyl (C=O) groups is 1. The van der Waals surface area contributed by atoms with Gasteiger partial charge in [0.1, 0.15) is 5.82 Å². The summed E-state index contributed by atoms with van der Waals surface area (Å²) >= 11 is 0. The first-order chi connectivity index (χ1) is 9.42. The normalized spacial score (nSPS) is 16.5. The minimum atomic E-state index is -3.80. The van der Waals surface area contributed by atoms with Gasteiger partial charge in [0.25, 0.3) is 0 Å². The maximum absolute atomic E-state index is 12.1. The number of anilines is 1. The number of aromatic nitrogens is 1. The van der Waals surface area contributed by atoms with Crippen LogP contribution in [0.3, 0.4) is 0 Å². The lowest BCUT2D eigenvalue weighted by molar-refractivity contribution is -0.122. The molecular formula is C11H17N5O3S. The van der Waals surface area contributed by atoms with Crippen LogP contribution in [0.15, 0.2) is 23.2 Å². The molecule has 1 amide bonds. The van der Waals surface area contributed by atoms with Crippen molar-refractivity contribution >= 4 is 21.7 Å². The lowest BCUT2D eigenvalue weighted by atomic mass is 10.3. The number of nitrogens with zero attached hydrogens (tertiary/aromatic N) is 1. The molecule has 0 saturated heterocycles. The summed E-state index contributed by atoms with van der Waals surface area (Å²) in [4.78, 5) is 15.6. The first-order valence-corrected chi connectivity index (χ1v) is 7.66. The van der Waals surface area contributed by atoms with E-state index >= 15 is 0 Å². The van der Waals surface area contributed by atoms with Crippen molar-refractivity contribution in [3.05, 3.63) is 18.3 Å². The fourth-order valence-electron chi connectivity index (χ4n) is 1.57. The molecule has 0 spiro atoms. The van der Waals surface area contributed by atoms with E-state index in [1.54, 1.807) is 0 Å². The number of hydrogen-bond donors (Lipinski definition) is 4. The van der Waals surface area contributed by atoms with E-state index < -0.39 is 16.1 Å². The van der Waals surface area contributed by atoms with Crippen molar-refractivity contribution in [1.82, 2.24) is 15.0 Å². The summed E-state index contributed by atoms with van der Waals surface area (Å²) in [6, 6.07) is 1.95. The fourth-order valence-corrected chi connectivity index (χ4v) is 2.78.